The van der Waals surface area contributed by atoms with Gasteiger partial charge in [-0.2, -0.15) is 10.5 Å². The zero-order valence-corrected chi connectivity index (χ0v) is 10.8. The first-order chi connectivity index (χ1) is 10.5. The SMILES string of the molecule is N#CC(=CNc1ccc(C(N)=O)c([N+](=O)[O-])c1)c1nn[nH]n1. The predicted molar refractivity (Wildman–Crippen MR) is 73.0 cm³/mol. The highest BCUT2D eigenvalue weighted by atomic mass is 16.6. The summed E-state index contributed by atoms with van der Waals surface area (Å²) in [6.45, 7) is 0. The van der Waals surface area contributed by atoms with Crippen molar-refractivity contribution in [1.82, 2.24) is 20.6 Å². The molecule has 0 fully saturated rings. The second kappa shape index (κ2) is 6.09. The number of nitro groups is 1. The van der Waals surface area contributed by atoms with E-state index in [0.29, 0.717) is 0 Å². The molecule has 1 heterocycles. The molecule has 110 valence electrons. The van der Waals surface area contributed by atoms with E-state index in [2.05, 4.69) is 25.9 Å². The van der Waals surface area contributed by atoms with Gasteiger partial charge >= 0.3 is 0 Å². The lowest BCUT2D eigenvalue weighted by atomic mass is 10.1. The molecule has 0 unspecified atom stereocenters. The van der Waals surface area contributed by atoms with Crippen molar-refractivity contribution in [3.63, 3.8) is 0 Å². The van der Waals surface area contributed by atoms with Crippen LogP contribution in [0.2, 0.25) is 0 Å². The van der Waals surface area contributed by atoms with Gasteiger partial charge in [0.2, 0.25) is 5.82 Å². The molecule has 0 radical (unpaired) electrons. The van der Waals surface area contributed by atoms with E-state index in [9.17, 15) is 14.9 Å². The highest BCUT2D eigenvalue weighted by Gasteiger charge is 2.18. The number of nitro benzene ring substituents is 1. The van der Waals surface area contributed by atoms with Crippen LogP contribution in [-0.4, -0.2) is 31.5 Å². The molecular weight excluding hydrogens is 292 g/mol. The fourth-order valence-corrected chi connectivity index (χ4v) is 1.56. The Balaban J connectivity index is 2.31. The summed E-state index contributed by atoms with van der Waals surface area (Å²) in [6, 6.07) is 5.60. The highest BCUT2D eigenvalue weighted by molar-refractivity contribution is 5.97. The van der Waals surface area contributed by atoms with Crippen LogP contribution >= 0.6 is 0 Å². The van der Waals surface area contributed by atoms with Gasteiger partial charge in [0.25, 0.3) is 11.6 Å². The van der Waals surface area contributed by atoms with Crippen LogP contribution in [0.1, 0.15) is 16.2 Å². The summed E-state index contributed by atoms with van der Waals surface area (Å²) < 4.78 is 0. The fourth-order valence-electron chi connectivity index (χ4n) is 1.56. The third-order valence-electron chi connectivity index (χ3n) is 2.55. The minimum absolute atomic E-state index is 0.0652. The quantitative estimate of drug-likeness (QED) is 0.397. The third kappa shape index (κ3) is 3.02. The maximum Gasteiger partial charge on any atom is 0.284 e. The number of carbonyl (C=O) groups is 1. The number of aromatic amines is 1. The Kier molecular flexibility index (Phi) is 4.04. The van der Waals surface area contributed by atoms with Gasteiger partial charge in [0.1, 0.15) is 17.2 Å². The number of nitrogens with two attached hydrogens (primary N) is 1. The van der Waals surface area contributed by atoms with Crippen molar-refractivity contribution in [2.24, 2.45) is 5.73 Å². The summed E-state index contributed by atoms with van der Waals surface area (Å²) in [5, 5.41) is 35.4. The number of benzene rings is 1. The Hall–Kier alpha value is -3.81. The molecule has 0 aliphatic carbocycles. The molecule has 0 aliphatic heterocycles. The van der Waals surface area contributed by atoms with Crippen LogP contribution in [0, 0.1) is 21.4 Å². The molecule has 11 heteroatoms. The number of hydrogen-bond acceptors (Lipinski definition) is 8. The molecule has 22 heavy (non-hydrogen) atoms. The van der Waals surface area contributed by atoms with Crippen LogP contribution in [0.4, 0.5) is 11.4 Å². The number of H-pyrrole nitrogens is 1. The molecule has 0 saturated heterocycles. The smallest absolute Gasteiger partial charge is 0.284 e. The third-order valence-corrected chi connectivity index (χ3v) is 2.55. The first-order valence-corrected chi connectivity index (χ1v) is 5.71. The summed E-state index contributed by atoms with van der Waals surface area (Å²) in [5.41, 5.74) is 4.76. The van der Waals surface area contributed by atoms with E-state index in [1.54, 1.807) is 0 Å². The Morgan fingerprint density at radius 3 is 2.86 bits per heavy atom. The predicted octanol–water partition coefficient (Wildman–Crippen LogP) is 0.183. The van der Waals surface area contributed by atoms with E-state index in [4.69, 9.17) is 11.0 Å². The molecule has 4 N–H and O–H groups in total. The number of aromatic nitrogens is 4. The van der Waals surface area contributed by atoms with Crippen LogP contribution in [0.25, 0.3) is 5.57 Å². The molecule has 1 aromatic heterocycles. The normalized spacial score (nSPS) is 10.8. The van der Waals surface area contributed by atoms with Gasteiger partial charge in [-0.05, 0) is 17.3 Å². The zero-order valence-electron chi connectivity index (χ0n) is 10.8. The Morgan fingerprint density at radius 2 is 2.32 bits per heavy atom. The number of rotatable bonds is 5. The van der Waals surface area contributed by atoms with E-state index in [1.807, 2.05) is 6.07 Å². The lowest BCUT2D eigenvalue weighted by Gasteiger charge is -2.03. The largest absolute Gasteiger partial charge is 0.365 e. The van der Waals surface area contributed by atoms with Gasteiger partial charge in [-0.1, -0.05) is 0 Å². The van der Waals surface area contributed by atoms with E-state index in [-0.39, 0.29) is 22.6 Å². The molecule has 2 aromatic rings. The number of tetrazole rings is 1. The summed E-state index contributed by atoms with van der Waals surface area (Å²) in [6.07, 6.45) is 1.26. The summed E-state index contributed by atoms with van der Waals surface area (Å²) in [5.74, 6) is -0.837. The lowest BCUT2D eigenvalue weighted by Crippen LogP contribution is -2.13. The second-order valence-electron chi connectivity index (χ2n) is 3.90. The average Bonchev–Trinajstić information content (AvgIpc) is 3.01. The number of nitriles is 1. The zero-order chi connectivity index (χ0) is 16.1. The first kappa shape index (κ1) is 14.6. The van der Waals surface area contributed by atoms with Crippen LogP contribution in [-0.2, 0) is 0 Å². The molecule has 2 rings (SSSR count). The summed E-state index contributed by atoms with van der Waals surface area (Å²) in [4.78, 5) is 21.3. The van der Waals surface area contributed by atoms with Crippen molar-refractivity contribution in [3.05, 3.63) is 45.9 Å². The molecule has 0 atom stereocenters. The van der Waals surface area contributed by atoms with Crippen LogP contribution in [0.15, 0.2) is 24.4 Å². The standard InChI is InChI=1S/C11H8N8O3/c12-4-6(11-15-17-18-16-11)5-14-7-1-2-8(10(13)20)9(3-7)19(21)22/h1-3,5,14H,(H2,13,20)(H,15,16,17,18). The van der Waals surface area contributed by atoms with Crippen LogP contribution in [0.5, 0.6) is 0 Å². The number of carbonyl (C=O) groups excluding carboxylic acids is 1. The van der Waals surface area contributed by atoms with Crippen LogP contribution in [0.3, 0.4) is 0 Å². The Morgan fingerprint density at radius 1 is 1.55 bits per heavy atom. The molecule has 0 saturated carbocycles. The van der Waals surface area contributed by atoms with Gasteiger partial charge in [0.15, 0.2) is 0 Å². The van der Waals surface area contributed by atoms with Crippen LogP contribution < -0.4 is 11.1 Å². The van der Waals surface area contributed by atoms with Crippen molar-refractivity contribution >= 4 is 22.9 Å². The van der Waals surface area contributed by atoms with E-state index in [0.717, 1.165) is 6.07 Å². The number of nitrogens with one attached hydrogen (secondary N) is 2. The number of nitrogens with zero attached hydrogens (tertiary/aromatic N) is 5. The molecular formula is C11H8N8O3. The fraction of sp³-hybridized carbons (Fsp3) is 0. The number of allylic oxidation sites excluding steroid dienone is 1. The van der Waals surface area contributed by atoms with Gasteiger partial charge in [-0.15, -0.1) is 10.2 Å². The average molecular weight is 300 g/mol. The lowest BCUT2D eigenvalue weighted by molar-refractivity contribution is -0.385. The molecule has 1 amide bonds. The number of anilines is 1. The monoisotopic (exact) mass is 300 g/mol. The second-order valence-corrected chi connectivity index (χ2v) is 3.90. The van der Waals surface area contributed by atoms with Crippen molar-refractivity contribution < 1.29 is 9.72 Å². The molecule has 11 nitrogen and oxygen atoms in total. The summed E-state index contributed by atoms with van der Waals surface area (Å²) in [7, 11) is 0. The minimum Gasteiger partial charge on any atom is -0.365 e. The highest BCUT2D eigenvalue weighted by Crippen LogP contribution is 2.23. The molecule has 1 aromatic carbocycles. The maximum atomic E-state index is 11.1. The number of amides is 1. The van der Waals surface area contributed by atoms with Gasteiger partial charge in [0, 0.05) is 18.0 Å². The minimum atomic E-state index is -0.904. The van der Waals surface area contributed by atoms with Crippen molar-refractivity contribution in [2.45, 2.75) is 0 Å². The van der Waals surface area contributed by atoms with Gasteiger partial charge < -0.3 is 11.1 Å². The molecule has 0 bridgehead atoms. The van der Waals surface area contributed by atoms with E-state index < -0.39 is 16.5 Å². The Labute approximate surface area is 122 Å². The van der Waals surface area contributed by atoms with Gasteiger partial charge in [0.05, 0.1) is 4.92 Å². The number of hydrogen-bond donors (Lipinski definition) is 3. The van der Waals surface area contributed by atoms with Crippen molar-refractivity contribution in [2.75, 3.05) is 5.32 Å². The van der Waals surface area contributed by atoms with E-state index in [1.165, 1.54) is 18.3 Å². The molecule has 0 aliphatic rings. The topological polar surface area (TPSA) is 177 Å². The van der Waals surface area contributed by atoms with Gasteiger partial charge in [-0.25, -0.2) is 0 Å². The summed E-state index contributed by atoms with van der Waals surface area (Å²) >= 11 is 0. The molecule has 0 spiro atoms. The number of primary amides is 1. The van der Waals surface area contributed by atoms with Crippen molar-refractivity contribution in [3.8, 4) is 6.07 Å². The van der Waals surface area contributed by atoms with E-state index >= 15 is 0 Å². The first-order valence-electron chi connectivity index (χ1n) is 5.71. The van der Waals surface area contributed by atoms with Crippen molar-refractivity contribution in [1.29, 1.82) is 5.26 Å². The maximum absolute atomic E-state index is 11.1. The Bertz CT molecular complexity index is 790. The van der Waals surface area contributed by atoms with Gasteiger partial charge in [-0.3, -0.25) is 14.9 Å².